The topological polar surface area (TPSA) is 112 Å². The summed E-state index contributed by atoms with van der Waals surface area (Å²) in [4.78, 5) is 27.6. The lowest BCUT2D eigenvalue weighted by molar-refractivity contribution is -0.0584. The number of amides is 3. The maximum absolute atomic E-state index is 12.3. The Bertz CT molecular complexity index is 715. The van der Waals surface area contributed by atoms with Crippen molar-refractivity contribution in [1.29, 1.82) is 0 Å². The largest absolute Gasteiger partial charge is 0.444 e. The molecule has 3 heterocycles. The predicted molar refractivity (Wildman–Crippen MR) is 97.6 cm³/mol. The molecule has 3 amide bonds. The molecule has 1 aromatic heterocycles. The molecule has 156 valence electrons. The van der Waals surface area contributed by atoms with Gasteiger partial charge in [-0.15, -0.1) is 10.2 Å². The van der Waals surface area contributed by atoms with E-state index in [0.29, 0.717) is 50.7 Å². The van der Waals surface area contributed by atoms with E-state index in [-0.39, 0.29) is 18.2 Å². The zero-order valence-corrected chi connectivity index (χ0v) is 16.9. The second-order valence-electron chi connectivity index (χ2n) is 8.28. The Balaban J connectivity index is 1.61. The minimum Gasteiger partial charge on any atom is -0.444 e. The van der Waals surface area contributed by atoms with Crippen LogP contribution in [0.4, 0.5) is 9.59 Å². The smallest absolute Gasteiger partial charge is 0.410 e. The van der Waals surface area contributed by atoms with Crippen LogP contribution >= 0.6 is 0 Å². The minimum atomic E-state index is -0.553. The van der Waals surface area contributed by atoms with Crippen molar-refractivity contribution in [1.82, 2.24) is 25.1 Å². The third-order valence-electron chi connectivity index (χ3n) is 4.85. The summed E-state index contributed by atoms with van der Waals surface area (Å²) >= 11 is 0. The molecule has 10 nitrogen and oxygen atoms in total. The molecule has 3 rings (SSSR count). The van der Waals surface area contributed by atoms with Crippen LogP contribution < -0.4 is 0 Å². The van der Waals surface area contributed by atoms with Gasteiger partial charge in [0.05, 0.1) is 6.04 Å². The van der Waals surface area contributed by atoms with Crippen LogP contribution in [0.25, 0.3) is 0 Å². The fourth-order valence-electron chi connectivity index (χ4n) is 3.53. The van der Waals surface area contributed by atoms with E-state index in [1.165, 1.54) is 0 Å². The van der Waals surface area contributed by atoms with Gasteiger partial charge in [0.25, 0.3) is 0 Å². The second-order valence-corrected chi connectivity index (χ2v) is 8.28. The summed E-state index contributed by atoms with van der Waals surface area (Å²) in [7, 11) is 0. The molecule has 2 saturated heterocycles. The van der Waals surface area contributed by atoms with Crippen LogP contribution in [0.15, 0.2) is 4.42 Å². The average Bonchev–Trinajstić information content (AvgIpc) is 3.17. The number of urea groups is 1. The van der Waals surface area contributed by atoms with Gasteiger partial charge in [0.2, 0.25) is 11.8 Å². The summed E-state index contributed by atoms with van der Waals surface area (Å²) in [5.74, 6) is 0.783. The predicted octanol–water partition coefficient (Wildman–Crippen LogP) is 2.59. The highest BCUT2D eigenvalue weighted by Gasteiger charge is 2.46. The lowest BCUT2D eigenvalue weighted by Crippen LogP contribution is -2.38. The maximum Gasteiger partial charge on any atom is 0.410 e. The van der Waals surface area contributed by atoms with E-state index < -0.39 is 11.6 Å². The van der Waals surface area contributed by atoms with Crippen molar-refractivity contribution < 1.29 is 24.0 Å². The number of hydrogen-bond donors (Lipinski definition) is 1. The van der Waals surface area contributed by atoms with E-state index in [4.69, 9.17) is 9.15 Å². The fourth-order valence-corrected chi connectivity index (χ4v) is 3.53. The van der Waals surface area contributed by atoms with Gasteiger partial charge in [-0.3, -0.25) is 5.21 Å². The Morgan fingerprint density at radius 2 is 2.07 bits per heavy atom. The van der Waals surface area contributed by atoms with E-state index in [0.717, 1.165) is 11.5 Å². The highest BCUT2D eigenvalue weighted by molar-refractivity contribution is 5.76. The summed E-state index contributed by atoms with van der Waals surface area (Å²) in [6, 6.07) is -0.909. The quantitative estimate of drug-likeness (QED) is 0.737. The number of piperidine rings is 1. The molecule has 28 heavy (non-hydrogen) atoms. The number of carbonyl (C=O) groups excluding carboxylic acids is 2. The van der Waals surface area contributed by atoms with Crippen molar-refractivity contribution in [3.05, 3.63) is 11.8 Å². The third kappa shape index (κ3) is 4.37. The third-order valence-corrected chi connectivity index (χ3v) is 4.85. The van der Waals surface area contributed by atoms with Crippen molar-refractivity contribution in [3.63, 3.8) is 0 Å². The SMILES string of the molecule is CCCN(CCc1nnc(C2CCC3CN2C(=O)N3O)o1)C(=O)OC(C)(C)C. The summed E-state index contributed by atoms with van der Waals surface area (Å²) < 4.78 is 11.2. The molecule has 2 unspecified atom stereocenters. The Hall–Kier alpha value is -2.36. The maximum atomic E-state index is 12.3. The average molecular weight is 395 g/mol. The zero-order valence-electron chi connectivity index (χ0n) is 16.9. The first-order valence-electron chi connectivity index (χ1n) is 9.78. The molecule has 1 N–H and O–H groups in total. The van der Waals surface area contributed by atoms with Crippen LogP contribution in [0.1, 0.15) is 64.8 Å². The highest BCUT2D eigenvalue weighted by Crippen LogP contribution is 2.36. The number of carbonyl (C=O) groups is 2. The summed E-state index contributed by atoms with van der Waals surface area (Å²) in [6.45, 7) is 8.94. The van der Waals surface area contributed by atoms with Gasteiger partial charge >= 0.3 is 12.1 Å². The van der Waals surface area contributed by atoms with Crippen LogP contribution in [0.5, 0.6) is 0 Å². The second kappa shape index (κ2) is 7.94. The molecule has 0 aliphatic carbocycles. The molecule has 10 heteroatoms. The first kappa shape index (κ1) is 20.4. The fraction of sp³-hybridized carbons (Fsp3) is 0.778. The number of rotatable bonds is 6. The molecule has 2 aliphatic heterocycles. The van der Waals surface area contributed by atoms with E-state index in [1.54, 1.807) is 9.80 Å². The number of hydrogen-bond acceptors (Lipinski definition) is 7. The minimum absolute atomic E-state index is 0.164. The van der Waals surface area contributed by atoms with Crippen molar-refractivity contribution in [3.8, 4) is 0 Å². The number of fused-ring (bicyclic) bond motifs is 2. The van der Waals surface area contributed by atoms with Crippen LogP contribution in [0.3, 0.4) is 0 Å². The Morgan fingerprint density at radius 1 is 1.32 bits per heavy atom. The van der Waals surface area contributed by atoms with Crippen molar-refractivity contribution in [2.45, 2.75) is 71.1 Å². The van der Waals surface area contributed by atoms with E-state index in [1.807, 2.05) is 27.7 Å². The molecule has 0 spiro atoms. The van der Waals surface area contributed by atoms with Crippen molar-refractivity contribution >= 4 is 12.1 Å². The Kier molecular flexibility index (Phi) is 5.78. The monoisotopic (exact) mass is 395 g/mol. The van der Waals surface area contributed by atoms with Gasteiger partial charge in [-0.05, 0) is 40.0 Å². The van der Waals surface area contributed by atoms with Crippen LogP contribution in [-0.2, 0) is 11.2 Å². The Morgan fingerprint density at radius 3 is 2.75 bits per heavy atom. The summed E-state index contributed by atoms with van der Waals surface area (Å²) in [5.41, 5.74) is -0.553. The molecule has 0 saturated carbocycles. The van der Waals surface area contributed by atoms with Crippen LogP contribution in [-0.4, -0.2) is 73.7 Å². The number of aromatic nitrogens is 2. The molecule has 2 atom stereocenters. The summed E-state index contributed by atoms with van der Waals surface area (Å²) in [5, 5.41) is 18.8. The van der Waals surface area contributed by atoms with E-state index in [2.05, 4.69) is 10.2 Å². The highest BCUT2D eigenvalue weighted by atomic mass is 16.6. The lowest BCUT2D eigenvalue weighted by Gasteiger charge is -2.27. The first-order chi connectivity index (χ1) is 13.2. The molecule has 2 fully saturated rings. The van der Waals surface area contributed by atoms with Gasteiger partial charge in [0.15, 0.2) is 0 Å². The normalized spacial score (nSPS) is 22.0. The molecule has 1 aromatic rings. The van der Waals surface area contributed by atoms with Gasteiger partial charge in [-0.25, -0.2) is 14.7 Å². The molecule has 2 bridgehead atoms. The van der Waals surface area contributed by atoms with Gasteiger partial charge in [0.1, 0.15) is 11.6 Å². The number of hydroxylamine groups is 2. The molecule has 0 aromatic carbocycles. The number of nitrogens with zero attached hydrogens (tertiary/aromatic N) is 5. The van der Waals surface area contributed by atoms with Gasteiger partial charge in [-0.1, -0.05) is 6.92 Å². The van der Waals surface area contributed by atoms with Gasteiger partial charge in [-0.2, -0.15) is 0 Å². The number of ether oxygens (including phenoxy) is 1. The van der Waals surface area contributed by atoms with Gasteiger partial charge < -0.3 is 19.0 Å². The van der Waals surface area contributed by atoms with Gasteiger partial charge in [0, 0.05) is 26.1 Å². The standard InChI is InChI=1S/C18H29N5O5/c1-5-9-21(17(25)28-18(2,3)4)10-8-14-19-20-15(27-14)13-7-6-12-11-22(13)16(24)23(12)26/h12-13,26H,5-11H2,1-4H3. The van der Waals surface area contributed by atoms with E-state index >= 15 is 0 Å². The van der Waals surface area contributed by atoms with Crippen molar-refractivity contribution in [2.24, 2.45) is 0 Å². The van der Waals surface area contributed by atoms with Crippen LogP contribution in [0.2, 0.25) is 0 Å². The molecular formula is C18H29N5O5. The summed E-state index contributed by atoms with van der Waals surface area (Å²) in [6.07, 6.45) is 2.20. The molecule has 2 aliphatic rings. The van der Waals surface area contributed by atoms with Crippen molar-refractivity contribution in [2.75, 3.05) is 19.6 Å². The first-order valence-corrected chi connectivity index (χ1v) is 9.78. The van der Waals surface area contributed by atoms with E-state index in [9.17, 15) is 14.8 Å². The van der Waals surface area contributed by atoms with Crippen LogP contribution in [0, 0.1) is 0 Å². The molecule has 0 radical (unpaired) electrons. The Labute approximate surface area is 164 Å². The lowest BCUT2D eigenvalue weighted by atomic mass is 10.0. The zero-order chi connectivity index (χ0) is 20.5. The molecular weight excluding hydrogens is 366 g/mol.